The van der Waals surface area contributed by atoms with Gasteiger partial charge >= 0.3 is 15.9 Å². The van der Waals surface area contributed by atoms with Gasteiger partial charge in [0.15, 0.2) is 47.4 Å². The third-order valence-electron chi connectivity index (χ3n) is 7.13. The second kappa shape index (κ2) is 12.5. The van der Waals surface area contributed by atoms with E-state index < -0.39 is 90.2 Å². The molecule has 8 N–H and O–H groups in total. The van der Waals surface area contributed by atoms with E-state index in [1.807, 2.05) is 0 Å². The number of aromatic amines is 1. The molecular weight excluding hydrogens is 668 g/mol. The molecule has 2 aliphatic heterocycles. The van der Waals surface area contributed by atoms with Crippen molar-refractivity contribution in [1.82, 2.24) is 39.0 Å². The van der Waals surface area contributed by atoms with Gasteiger partial charge in [-0.05, 0) is 4.57 Å². The van der Waals surface area contributed by atoms with E-state index in [1.165, 1.54) is 0 Å². The maximum Gasteiger partial charge on any atom is 0.534 e. The highest BCUT2D eigenvalue weighted by molar-refractivity contribution is 7.47. The highest BCUT2D eigenvalue weighted by atomic mass is 31.2. The number of hydrogen-bond acceptors (Lipinski definition) is 16. The molecule has 0 aliphatic carbocycles. The monoisotopic (exact) mass is 693 g/mol. The smallest absolute Gasteiger partial charge is 0.394 e. The molecule has 2 saturated heterocycles. The quantitative estimate of drug-likeness (QED) is 0.104. The maximum atomic E-state index is 15.7. The first-order valence-electron chi connectivity index (χ1n) is 13.1. The van der Waals surface area contributed by atoms with Crippen molar-refractivity contribution < 1.29 is 56.1 Å². The normalized spacial score (nSPS) is 29.9. The molecule has 25 heteroatoms. The number of ether oxygens (including phenoxy) is 3. The van der Waals surface area contributed by atoms with Gasteiger partial charge in [0.1, 0.15) is 36.3 Å². The van der Waals surface area contributed by atoms with Gasteiger partial charge in [0.05, 0.1) is 25.9 Å². The zero-order chi connectivity index (χ0) is 32.9. The van der Waals surface area contributed by atoms with E-state index in [-0.39, 0.29) is 34.1 Å². The Labute approximate surface area is 254 Å². The molecule has 46 heavy (non-hydrogen) atoms. The molecule has 0 bridgehead atoms. The molecule has 248 valence electrons. The third-order valence-corrected chi connectivity index (χ3v) is 8.49. The van der Waals surface area contributed by atoms with Gasteiger partial charge in [-0.2, -0.15) is 9.88 Å². The first-order valence-corrected chi connectivity index (χ1v) is 16.0. The first kappa shape index (κ1) is 32.3. The van der Waals surface area contributed by atoms with E-state index in [2.05, 4.69) is 29.9 Å². The Morgan fingerprint density at radius 1 is 1.02 bits per heavy atom. The molecule has 21 nitrogen and oxygen atoms in total. The van der Waals surface area contributed by atoms with Crippen LogP contribution in [0.15, 0.2) is 23.8 Å². The molecule has 2 fully saturated rings. The topological polar surface area (TPSA) is 300 Å². The number of nitrogens with one attached hydrogen (secondary N) is 1. The van der Waals surface area contributed by atoms with Crippen molar-refractivity contribution >= 4 is 49.9 Å². The number of aromatic nitrogens is 8. The number of nitrogen functional groups attached to an aromatic ring is 2. The number of halogens is 2. The average Bonchev–Trinajstić information content (AvgIpc) is 3.76. The summed E-state index contributed by atoms with van der Waals surface area (Å²) in [4.78, 5) is 53.8. The molecule has 0 saturated carbocycles. The van der Waals surface area contributed by atoms with Crippen LogP contribution in [-0.2, 0) is 32.4 Å². The lowest BCUT2D eigenvalue weighted by Gasteiger charge is -2.23. The Bertz CT molecular complexity index is 1880. The molecule has 0 radical (unpaired) electrons. The lowest BCUT2D eigenvalue weighted by atomic mass is 10.1. The second-order valence-corrected chi connectivity index (χ2v) is 12.4. The molecule has 0 spiro atoms. The number of aliphatic hydroxyl groups excluding tert-OH is 1. The lowest BCUT2D eigenvalue weighted by Crippen LogP contribution is -2.35. The van der Waals surface area contributed by atoms with E-state index in [4.69, 9.17) is 34.7 Å². The van der Waals surface area contributed by atoms with Crippen molar-refractivity contribution in [3.8, 4) is 0 Å². The summed E-state index contributed by atoms with van der Waals surface area (Å²) < 4.78 is 84.3. The molecule has 6 unspecified atom stereocenters. The predicted octanol–water partition coefficient (Wildman–Crippen LogP) is -0.833. The van der Waals surface area contributed by atoms with Crippen molar-refractivity contribution in [2.75, 3.05) is 31.0 Å². The highest BCUT2D eigenvalue weighted by Gasteiger charge is 2.52. The standard InChI is InChI=1S/C21H24F2N10O11P2/c22-9-13(40-6-45(36)37)8(43-19(9)33-5-29-12-17(33)30-21(25)31-18(12)35)2-41-46(38,39)44-14-7(1-34)42-20(10(14)23)32-4-28-11-15(24)26-3-27-16(11)32/h3-5,7-10,13-14,19-20,34H,1-2,6H2,(H6-,24,25,26,27,30,31,35,36,37,38,39)/p+1/t7-,8-,9?,10?,13?,14?,19-,20-/m1/s1. The van der Waals surface area contributed by atoms with Gasteiger partial charge in [0.25, 0.3) is 11.9 Å². The van der Waals surface area contributed by atoms with Crippen molar-refractivity contribution in [2.45, 2.75) is 49.2 Å². The van der Waals surface area contributed by atoms with Crippen LogP contribution in [-0.4, -0.2) is 110 Å². The van der Waals surface area contributed by atoms with Crippen molar-refractivity contribution in [3.05, 3.63) is 29.3 Å². The zero-order valence-corrected chi connectivity index (χ0v) is 24.8. The summed E-state index contributed by atoms with van der Waals surface area (Å²) in [6.45, 7) is -1.75. The van der Waals surface area contributed by atoms with Crippen molar-refractivity contribution in [3.63, 3.8) is 0 Å². The third kappa shape index (κ3) is 5.97. The number of alkyl halides is 2. The van der Waals surface area contributed by atoms with Crippen LogP contribution in [0.1, 0.15) is 12.5 Å². The SMILES string of the molecule is Nc1nc2c(ncn2[C@@H]2O[C@H](COP(=O)(O)OC3C(F)[C@H](n4cnc5c(N)ncnc54)O[C@@H]3CO)C(OC[P+](=O)O)C2F)c(=O)[nH]1. The van der Waals surface area contributed by atoms with Crippen LogP contribution in [0.2, 0.25) is 0 Å². The number of H-pyrrole nitrogens is 1. The van der Waals surface area contributed by atoms with Gasteiger partial charge in [-0.1, -0.05) is 0 Å². The number of phosphoric acid groups is 1. The number of imidazole rings is 2. The summed E-state index contributed by atoms with van der Waals surface area (Å²) in [7, 11) is -8.11. The van der Waals surface area contributed by atoms with Crippen LogP contribution in [0.25, 0.3) is 22.3 Å². The summed E-state index contributed by atoms with van der Waals surface area (Å²) in [5.74, 6) is -0.299. The van der Waals surface area contributed by atoms with Gasteiger partial charge < -0.3 is 35.7 Å². The van der Waals surface area contributed by atoms with Crippen LogP contribution >= 0.6 is 15.9 Å². The summed E-state index contributed by atoms with van der Waals surface area (Å²) in [6, 6.07) is 0. The Hall–Kier alpha value is -3.63. The number of hydrogen-bond donors (Lipinski definition) is 6. The van der Waals surface area contributed by atoms with Gasteiger partial charge in [-0.3, -0.25) is 28.0 Å². The van der Waals surface area contributed by atoms with Gasteiger partial charge in [-0.25, -0.2) is 33.3 Å². The number of anilines is 2. The van der Waals surface area contributed by atoms with E-state index >= 15 is 8.78 Å². The minimum Gasteiger partial charge on any atom is -0.394 e. The van der Waals surface area contributed by atoms with E-state index in [9.17, 15) is 28.8 Å². The largest absolute Gasteiger partial charge is 0.534 e. The molecule has 2 aliphatic rings. The molecule has 0 aromatic carbocycles. The molecule has 6 rings (SSSR count). The molecular formula is C21H25F2N10O11P2+. The van der Waals surface area contributed by atoms with Gasteiger partial charge in [0.2, 0.25) is 5.95 Å². The number of nitrogens with two attached hydrogens (primary N) is 2. The maximum absolute atomic E-state index is 15.7. The highest BCUT2D eigenvalue weighted by Crippen LogP contribution is 2.50. The Balaban J connectivity index is 1.19. The van der Waals surface area contributed by atoms with E-state index in [0.717, 1.165) is 28.1 Å². The van der Waals surface area contributed by atoms with Crippen LogP contribution in [0.4, 0.5) is 20.5 Å². The van der Waals surface area contributed by atoms with Crippen LogP contribution < -0.4 is 17.0 Å². The molecule has 10 atom stereocenters. The second-order valence-electron chi connectivity index (χ2n) is 10.0. The molecule has 4 aromatic rings. The Kier molecular flexibility index (Phi) is 8.80. The van der Waals surface area contributed by atoms with Crippen LogP contribution in [0.3, 0.4) is 0 Å². The summed E-state index contributed by atoms with van der Waals surface area (Å²) >= 11 is 0. The fraction of sp³-hybridized carbons (Fsp3) is 0.524. The minimum absolute atomic E-state index is 0.00669. The fourth-order valence-corrected chi connectivity index (χ4v) is 6.38. The molecule has 4 aromatic heterocycles. The Morgan fingerprint density at radius 2 is 1.67 bits per heavy atom. The van der Waals surface area contributed by atoms with Gasteiger partial charge in [0, 0.05) is 0 Å². The van der Waals surface area contributed by atoms with E-state index in [0.29, 0.717) is 0 Å². The number of rotatable bonds is 11. The summed E-state index contributed by atoms with van der Waals surface area (Å²) in [5.41, 5.74) is 10.5. The Morgan fingerprint density at radius 3 is 2.37 bits per heavy atom. The number of fused-ring (bicyclic) bond motifs is 2. The minimum atomic E-state index is -5.22. The fourth-order valence-electron chi connectivity index (χ4n) is 5.13. The van der Waals surface area contributed by atoms with E-state index in [1.54, 1.807) is 0 Å². The average molecular weight is 693 g/mol. The summed E-state index contributed by atoms with van der Waals surface area (Å²) in [6.07, 6.45) is -11.5. The first-order chi connectivity index (χ1) is 21.9. The zero-order valence-electron chi connectivity index (χ0n) is 23.0. The predicted molar refractivity (Wildman–Crippen MR) is 147 cm³/mol. The molecule has 0 amide bonds. The van der Waals surface area contributed by atoms with Crippen LogP contribution in [0, 0.1) is 0 Å². The number of nitrogens with zero attached hydrogens (tertiary/aromatic N) is 7. The van der Waals surface area contributed by atoms with Crippen molar-refractivity contribution in [1.29, 1.82) is 0 Å². The number of phosphoric ester groups is 1. The van der Waals surface area contributed by atoms with Crippen LogP contribution in [0.5, 0.6) is 0 Å². The number of aliphatic hydroxyl groups is 1. The molecule has 6 heterocycles. The van der Waals surface area contributed by atoms with Gasteiger partial charge in [-0.15, -0.1) is 0 Å². The summed E-state index contributed by atoms with van der Waals surface area (Å²) in [5, 5.41) is 9.80. The van der Waals surface area contributed by atoms with Crippen molar-refractivity contribution in [2.24, 2.45) is 0 Å². The lowest BCUT2D eigenvalue weighted by molar-refractivity contribution is -0.0618.